The molecule has 1 atom stereocenters. The van der Waals surface area contributed by atoms with E-state index in [1.165, 1.54) is 0 Å². The van der Waals surface area contributed by atoms with E-state index >= 15 is 0 Å². The van der Waals surface area contributed by atoms with Crippen molar-refractivity contribution < 1.29 is 22.5 Å². The Labute approximate surface area is 110 Å². The maximum absolute atomic E-state index is 11.3. The molecule has 3 N–H and O–H groups in total. The summed E-state index contributed by atoms with van der Waals surface area (Å²) < 4.78 is 34.6. The molecule has 1 heterocycles. The monoisotopic (exact) mass is 286 g/mol. The smallest absolute Gasteiger partial charge is 0.274 e. The van der Waals surface area contributed by atoms with Gasteiger partial charge in [-0.05, 0) is 24.3 Å². The van der Waals surface area contributed by atoms with Gasteiger partial charge in [-0.2, -0.15) is 8.42 Å². The van der Waals surface area contributed by atoms with Crippen LogP contribution in [0.25, 0.3) is 0 Å². The number of nitrogens with one attached hydrogen (secondary N) is 2. The van der Waals surface area contributed by atoms with E-state index < -0.39 is 21.8 Å². The number of amides is 1. The second kappa shape index (κ2) is 5.55. The first-order valence-corrected chi connectivity index (χ1v) is 7.24. The Morgan fingerprint density at radius 1 is 1.32 bits per heavy atom. The fourth-order valence-corrected chi connectivity index (χ4v) is 1.86. The van der Waals surface area contributed by atoms with E-state index in [2.05, 4.69) is 10.6 Å². The van der Waals surface area contributed by atoms with Crippen LogP contribution < -0.4 is 10.6 Å². The Balaban J connectivity index is 1.85. The van der Waals surface area contributed by atoms with Crippen LogP contribution in [-0.4, -0.2) is 43.9 Å². The van der Waals surface area contributed by atoms with Gasteiger partial charge in [0.25, 0.3) is 10.1 Å². The number of epoxide rings is 1. The number of hydrogen-bond donors (Lipinski definition) is 3. The van der Waals surface area contributed by atoms with Gasteiger partial charge in [0.2, 0.25) is 5.91 Å². The Kier molecular flexibility index (Phi) is 4.03. The molecule has 0 saturated carbocycles. The van der Waals surface area contributed by atoms with E-state index in [0.29, 0.717) is 5.69 Å². The molecule has 0 aliphatic carbocycles. The predicted molar refractivity (Wildman–Crippen MR) is 69.7 cm³/mol. The second-order valence-corrected chi connectivity index (χ2v) is 5.64. The van der Waals surface area contributed by atoms with Crippen LogP contribution in [0.15, 0.2) is 24.3 Å². The summed E-state index contributed by atoms with van der Waals surface area (Å²) in [7, 11) is -4.30. The van der Waals surface area contributed by atoms with E-state index in [1.807, 2.05) is 0 Å². The molecule has 1 aromatic carbocycles. The Hall–Kier alpha value is -1.64. The summed E-state index contributed by atoms with van der Waals surface area (Å²) >= 11 is 0. The minimum Gasteiger partial charge on any atom is -0.382 e. The van der Waals surface area contributed by atoms with E-state index in [4.69, 9.17) is 9.29 Å². The van der Waals surface area contributed by atoms with Crippen molar-refractivity contribution in [2.75, 3.05) is 29.5 Å². The standard InChI is InChI=1S/C11H14N2O5S/c14-11(7-19(15,16)17)13-9-3-1-8(2-4-9)12-5-10-6-18-10/h1-4,10,12H,5-7H2,(H,13,14)(H,15,16,17). The van der Waals surface area contributed by atoms with Crippen LogP contribution in [0.2, 0.25) is 0 Å². The lowest BCUT2D eigenvalue weighted by Gasteiger charge is -2.07. The molecular weight excluding hydrogens is 272 g/mol. The lowest BCUT2D eigenvalue weighted by Crippen LogP contribution is -2.22. The van der Waals surface area contributed by atoms with Gasteiger partial charge in [0.15, 0.2) is 5.75 Å². The first-order chi connectivity index (χ1) is 8.92. The van der Waals surface area contributed by atoms with Crippen LogP contribution >= 0.6 is 0 Å². The molecule has 0 spiro atoms. The van der Waals surface area contributed by atoms with Crippen LogP contribution in [0, 0.1) is 0 Å². The second-order valence-electron chi connectivity index (χ2n) is 4.19. The highest BCUT2D eigenvalue weighted by atomic mass is 32.2. The molecule has 1 aromatic rings. The summed E-state index contributed by atoms with van der Waals surface area (Å²) in [6.07, 6.45) is 0.272. The number of anilines is 2. The number of benzene rings is 1. The normalized spacial score (nSPS) is 17.8. The minimum atomic E-state index is -4.30. The number of carbonyl (C=O) groups is 1. The third-order valence-electron chi connectivity index (χ3n) is 2.42. The third kappa shape index (κ3) is 5.25. The minimum absolute atomic E-state index is 0.272. The molecule has 0 radical (unpaired) electrons. The first kappa shape index (κ1) is 13.8. The first-order valence-electron chi connectivity index (χ1n) is 5.63. The molecule has 1 aliphatic heterocycles. The van der Waals surface area contributed by atoms with Gasteiger partial charge in [-0.3, -0.25) is 9.35 Å². The van der Waals surface area contributed by atoms with Crippen molar-refractivity contribution in [1.29, 1.82) is 0 Å². The summed E-state index contributed by atoms with van der Waals surface area (Å²) in [5, 5.41) is 5.52. The zero-order valence-electron chi connectivity index (χ0n) is 10.00. The van der Waals surface area contributed by atoms with Gasteiger partial charge in [-0.1, -0.05) is 0 Å². The zero-order valence-corrected chi connectivity index (χ0v) is 10.8. The van der Waals surface area contributed by atoms with Crippen molar-refractivity contribution in [3.63, 3.8) is 0 Å². The molecule has 7 nitrogen and oxygen atoms in total. The molecule has 0 aromatic heterocycles. The number of ether oxygens (including phenoxy) is 1. The Bertz CT molecular complexity index is 551. The quantitative estimate of drug-likeness (QED) is 0.513. The fourth-order valence-electron chi connectivity index (χ4n) is 1.45. The maximum atomic E-state index is 11.3. The van der Waals surface area contributed by atoms with Crippen molar-refractivity contribution in [1.82, 2.24) is 0 Å². The zero-order chi connectivity index (χ0) is 13.9. The van der Waals surface area contributed by atoms with Crippen molar-refractivity contribution in [3.8, 4) is 0 Å². The SMILES string of the molecule is O=C(CS(=O)(=O)O)Nc1ccc(NCC2CO2)cc1. The Morgan fingerprint density at radius 2 is 1.89 bits per heavy atom. The summed E-state index contributed by atoms with van der Waals surface area (Å²) in [6, 6.07) is 6.78. The molecular formula is C11H14N2O5S. The topological polar surface area (TPSA) is 108 Å². The molecule has 1 unspecified atom stereocenters. The molecule has 1 aliphatic rings. The van der Waals surface area contributed by atoms with Crippen molar-refractivity contribution in [3.05, 3.63) is 24.3 Å². The van der Waals surface area contributed by atoms with Crippen molar-refractivity contribution >= 4 is 27.4 Å². The Morgan fingerprint density at radius 3 is 2.42 bits per heavy atom. The van der Waals surface area contributed by atoms with Crippen molar-refractivity contribution in [2.45, 2.75) is 6.10 Å². The third-order valence-corrected chi connectivity index (χ3v) is 3.05. The van der Waals surface area contributed by atoms with Gasteiger partial charge in [0, 0.05) is 17.9 Å². The van der Waals surface area contributed by atoms with Gasteiger partial charge in [-0.25, -0.2) is 0 Å². The maximum Gasteiger partial charge on any atom is 0.274 e. The fraction of sp³-hybridized carbons (Fsp3) is 0.364. The lowest BCUT2D eigenvalue weighted by molar-refractivity contribution is -0.113. The van der Waals surface area contributed by atoms with Crippen LogP contribution in [0.4, 0.5) is 11.4 Å². The molecule has 0 bridgehead atoms. The average molecular weight is 286 g/mol. The number of hydrogen-bond acceptors (Lipinski definition) is 5. The van der Waals surface area contributed by atoms with E-state index in [-0.39, 0.29) is 6.10 Å². The largest absolute Gasteiger partial charge is 0.382 e. The summed E-state index contributed by atoms with van der Waals surface area (Å²) in [6.45, 7) is 1.51. The number of carbonyl (C=O) groups excluding carboxylic acids is 1. The van der Waals surface area contributed by atoms with Crippen LogP contribution in [0.5, 0.6) is 0 Å². The molecule has 8 heteroatoms. The van der Waals surface area contributed by atoms with E-state index in [0.717, 1.165) is 18.8 Å². The van der Waals surface area contributed by atoms with Gasteiger partial charge in [0.1, 0.15) is 0 Å². The van der Waals surface area contributed by atoms with Gasteiger partial charge in [0.05, 0.1) is 12.7 Å². The highest BCUT2D eigenvalue weighted by Gasteiger charge is 2.21. The predicted octanol–water partition coefficient (Wildman–Crippen LogP) is 0.324. The van der Waals surface area contributed by atoms with Crippen LogP contribution in [-0.2, 0) is 19.6 Å². The van der Waals surface area contributed by atoms with Gasteiger partial charge in [-0.15, -0.1) is 0 Å². The lowest BCUT2D eigenvalue weighted by atomic mass is 10.2. The van der Waals surface area contributed by atoms with Gasteiger partial charge >= 0.3 is 0 Å². The summed E-state index contributed by atoms with van der Waals surface area (Å²) in [4.78, 5) is 11.3. The average Bonchev–Trinajstić information content (AvgIpc) is 3.09. The molecule has 1 amide bonds. The van der Waals surface area contributed by atoms with E-state index in [1.54, 1.807) is 24.3 Å². The van der Waals surface area contributed by atoms with Gasteiger partial charge < -0.3 is 15.4 Å². The highest BCUT2D eigenvalue weighted by Crippen LogP contribution is 2.15. The summed E-state index contributed by atoms with van der Waals surface area (Å²) in [5.74, 6) is -1.74. The van der Waals surface area contributed by atoms with Crippen molar-refractivity contribution in [2.24, 2.45) is 0 Å². The molecule has 19 heavy (non-hydrogen) atoms. The molecule has 1 saturated heterocycles. The van der Waals surface area contributed by atoms with E-state index in [9.17, 15) is 13.2 Å². The summed E-state index contributed by atoms with van der Waals surface area (Å²) in [5.41, 5.74) is 1.34. The highest BCUT2D eigenvalue weighted by molar-refractivity contribution is 7.86. The molecule has 1 fully saturated rings. The number of rotatable bonds is 6. The van der Waals surface area contributed by atoms with Crippen LogP contribution in [0.3, 0.4) is 0 Å². The van der Waals surface area contributed by atoms with Crippen LogP contribution in [0.1, 0.15) is 0 Å². The molecule has 2 rings (SSSR count). The molecule has 104 valence electrons.